The van der Waals surface area contributed by atoms with Gasteiger partial charge in [0.1, 0.15) is 0 Å². The summed E-state index contributed by atoms with van der Waals surface area (Å²) in [6, 6.07) is 4.49. The summed E-state index contributed by atoms with van der Waals surface area (Å²) >= 11 is 0. The first-order valence-corrected chi connectivity index (χ1v) is 6.23. The summed E-state index contributed by atoms with van der Waals surface area (Å²) in [6.07, 6.45) is 6.25. The second-order valence-corrected chi connectivity index (χ2v) is 4.77. The van der Waals surface area contributed by atoms with Crippen LogP contribution in [0.2, 0.25) is 0 Å². The van der Waals surface area contributed by atoms with Gasteiger partial charge in [-0.3, -0.25) is 0 Å². The molecule has 2 bridgehead atoms. The maximum Gasteiger partial charge on any atom is 0.217 e. The molecule has 0 radical (unpaired) electrons. The summed E-state index contributed by atoms with van der Waals surface area (Å²) in [5.74, 6) is 0.712. The molecule has 92 valence electrons. The Bertz CT molecular complexity index is 397. The largest absolute Gasteiger partial charge is 0.481 e. The molecule has 3 rings (SSSR count). The van der Waals surface area contributed by atoms with E-state index in [1.54, 1.807) is 13.3 Å². The van der Waals surface area contributed by atoms with Crippen molar-refractivity contribution in [3.8, 4) is 5.88 Å². The van der Waals surface area contributed by atoms with Gasteiger partial charge in [0.2, 0.25) is 5.88 Å². The van der Waals surface area contributed by atoms with Crippen LogP contribution in [0.4, 0.5) is 0 Å². The van der Waals surface area contributed by atoms with Crippen LogP contribution in [0.3, 0.4) is 0 Å². The number of pyridine rings is 1. The molecule has 0 amide bonds. The van der Waals surface area contributed by atoms with Crippen molar-refractivity contribution >= 4 is 0 Å². The van der Waals surface area contributed by atoms with Crippen molar-refractivity contribution in [2.24, 2.45) is 0 Å². The van der Waals surface area contributed by atoms with Crippen LogP contribution in [-0.2, 0) is 11.3 Å². The molecule has 0 saturated carbocycles. The fraction of sp³-hybridized carbons (Fsp3) is 0.615. The van der Waals surface area contributed by atoms with E-state index in [4.69, 9.17) is 9.47 Å². The molecule has 2 saturated heterocycles. The third-order valence-corrected chi connectivity index (χ3v) is 3.70. The number of nitrogens with zero attached hydrogens (tertiary/aromatic N) is 1. The Hall–Kier alpha value is -1.13. The number of rotatable bonds is 4. The molecule has 0 aromatic carbocycles. The Morgan fingerprint density at radius 2 is 2.47 bits per heavy atom. The van der Waals surface area contributed by atoms with Crippen molar-refractivity contribution in [3.63, 3.8) is 0 Å². The van der Waals surface area contributed by atoms with Crippen LogP contribution in [0.25, 0.3) is 0 Å². The Balaban J connectivity index is 1.60. The first-order chi connectivity index (χ1) is 8.36. The molecule has 1 aromatic heterocycles. The van der Waals surface area contributed by atoms with Gasteiger partial charge in [0.15, 0.2) is 0 Å². The number of hydrogen-bond acceptors (Lipinski definition) is 4. The molecule has 4 nitrogen and oxygen atoms in total. The number of methoxy groups -OCH3 is 1. The van der Waals surface area contributed by atoms with Crippen LogP contribution in [0.1, 0.15) is 24.8 Å². The zero-order chi connectivity index (χ0) is 11.7. The van der Waals surface area contributed by atoms with Crippen molar-refractivity contribution in [1.29, 1.82) is 0 Å². The van der Waals surface area contributed by atoms with Gasteiger partial charge in [0.25, 0.3) is 0 Å². The van der Waals surface area contributed by atoms with Gasteiger partial charge in [-0.1, -0.05) is 6.07 Å². The fourth-order valence-electron chi connectivity index (χ4n) is 2.84. The lowest BCUT2D eigenvalue weighted by atomic mass is 9.95. The smallest absolute Gasteiger partial charge is 0.217 e. The number of ether oxygens (including phenoxy) is 2. The van der Waals surface area contributed by atoms with E-state index in [1.165, 1.54) is 12.8 Å². The molecule has 3 unspecified atom stereocenters. The first kappa shape index (κ1) is 11.0. The van der Waals surface area contributed by atoms with E-state index < -0.39 is 0 Å². The van der Waals surface area contributed by atoms with E-state index in [9.17, 15) is 0 Å². The molecule has 2 fully saturated rings. The van der Waals surface area contributed by atoms with E-state index in [1.807, 2.05) is 12.1 Å². The maximum atomic E-state index is 5.82. The van der Waals surface area contributed by atoms with Gasteiger partial charge in [-0.25, -0.2) is 4.98 Å². The molecule has 0 spiro atoms. The highest BCUT2D eigenvalue weighted by Gasteiger charge is 2.40. The minimum atomic E-state index is 0.419. The highest BCUT2D eigenvalue weighted by molar-refractivity contribution is 5.25. The number of aromatic nitrogens is 1. The molecule has 2 aliphatic rings. The lowest BCUT2D eigenvalue weighted by Gasteiger charge is -2.20. The molecule has 3 atom stereocenters. The van der Waals surface area contributed by atoms with E-state index >= 15 is 0 Å². The van der Waals surface area contributed by atoms with Gasteiger partial charge in [-0.2, -0.15) is 0 Å². The molecule has 4 heteroatoms. The fourth-order valence-corrected chi connectivity index (χ4v) is 2.84. The second kappa shape index (κ2) is 4.63. The van der Waals surface area contributed by atoms with Crippen LogP contribution in [0, 0.1) is 0 Å². The summed E-state index contributed by atoms with van der Waals surface area (Å²) < 4.78 is 11.1. The van der Waals surface area contributed by atoms with Crippen LogP contribution in [0.15, 0.2) is 18.3 Å². The zero-order valence-corrected chi connectivity index (χ0v) is 10.1. The molecule has 17 heavy (non-hydrogen) atoms. The lowest BCUT2D eigenvalue weighted by Crippen LogP contribution is -2.37. The van der Waals surface area contributed by atoms with E-state index in [-0.39, 0.29) is 0 Å². The van der Waals surface area contributed by atoms with Gasteiger partial charge in [0.05, 0.1) is 19.3 Å². The minimum absolute atomic E-state index is 0.419. The van der Waals surface area contributed by atoms with Crippen molar-refractivity contribution in [2.75, 3.05) is 7.11 Å². The average molecular weight is 234 g/mol. The molecule has 2 aliphatic heterocycles. The molecular weight excluding hydrogens is 216 g/mol. The predicted octanol–water partition coefficient (Wildman–Crippen LogP) is 1.50. The monoisotopic (exact) mass is 234 g/mol. The average Bonchev–Trinajstić information content (AvgIpc) is 2.98. The van der Waals surface area contributed by atoms with E-state index in [2.05, 4.69) is 10.3 Å². The number of nitrogens with one attached hydrogen (secondary N) is 1. The van der Waals surface area contributed by atoms with Gasteiger partial charge < -0.3 is 14.8 Å². The first-order valence-electron chi connectivity index (χ1n) is 6.23. The zero-order valence-electron chi connectivity index (χ0n) is 10.1. The van der Waals surface area contributed by atoms with E-state index in [0.717, 1.165) is 18.5 Å². The molecule has 1 aromatic rings. The van der Waals surface area contributed by atoms with Crippen molar-refractivity contribution in [3.05, 3.63) is 23.9 Å². The van der Waals surface area contributed by atoms with E-state index in [0.29, 0.717) is 24.1 Å². The summed E-state index contributed by atoms with van der Waals surface area (Å²) in [5.41, 5.74) is 1.11. The maximum absolute atomic E-state index is 5.82. The quantitative estimate of drug-likeness (QED) is 0.857. The topological polar surface area (TPSA) is 43.4 Å². The highest BCUT2D eigenvalue weighted by Crippen LogP contribution is 2.34. The van der Waals surface area contributed by atoms with Crippen molar-refractivity contribution in [2.45, 2.75) is 44.1 Å². The third kappa shape index (κ3) is 2.15. The summed E-state index contributed by atoms with van der Waals surface area (Å²) in [6.45, 7) is 0.800. The van der Waals surface area contributed by atoms with Gasteiger partial charge >= 0.3 is 0 Å². The van der Waals surface area contributed by atoms with Crippen LogP contribution in [0.5, 0.6) is 5.88 Å². The Kier molecular flexibility index (Phi) is 2.99. The Labute approximate surface area is 101 Å². The number of hydrogen-bond donors (Lipinski definition) is 1. The summed E-state index contributed by atoms with van der Waals surface area (Å²) in [7, 11) is 1.66. The van der Waals surface area contributed by atoms with Crippen molar-refractivity contribution < 1.29 is 9.47 Å². The van der Waals surface area contributed by atoms with Gasteiger partial charge in [0, 0.05) is 24.3 Å². The summed E-state index contributed by atoms with van der Waals surface area (Å²) in [5, 5.41) is 3.56. The van der Waals surface area contributed by atoms with Crippen LogP contribution >= 0.6 is 0 Å². The van der Waals surface area contributed by atoms with Gasteiger partial charge in [-0.15, -0.1) is 0 Å². The molecule has 0 aliphatic carbocycles. The predicted molar refractivity (Wildman–Crippen MR) is 63.9 cm³/mol. The minimum Gasteiger partial charge on any atom is -0.481 e. The molecule has 3 heterocycles. The highest BCUT2D eigenvalue weighted by atomic mass is 16.5. The number of fused-ring (bicyclic) bond motifs is 2. The second-order valence-electron chi connectivity index (χ2n) is 4.77. The standard InChI is InChI=1S/C13H18N2O2/c1-16-13-9(3-2-6-14-13)8-15-11-7-10-4-5-12(11)17-10/h2-3,6,10-12,15H,4-5,7-8H2,1H3. The molecule has 1 N–H and O–H groups in total. The van der Waals surface area contributed by atoms with Gasteiger partial charge in [-0.05, 0) is 25.3 Å². The SMILES string of the molecule is COc1ncccc1CNC1CC2CCC1O2. The Morgan fingerprint density at radius 3 is 3.18 bits per heavy atom. The normalized spacial score (nSPS) is 30.8. The Morgan fingerprint density at radius 1 is 1.53 bits per heavy atom. The third-order valence-electron chi connectivity index (χ3n) is 3.70. The van der Waals surface area contributed by atoms with Crippen LogP contribution < -0.4 is 10.1 Å². The molecular formula is C13H18N2O2. The lowest BCUT2D eigenvalue weighted by molar-refractivity contribution is 0.0972. The summed E-state index contributed by atoms with van der Waals surface area (Å²) in [4.78, 5) is 4.20. The van der Waals surface area contributed by atoms with Crippen molar-refractivity contribution in [1.82, 2.24) is 10.3 Å². The van der Waals surface area contributed by atoms with Crippen LogP contribution in [-0.4, -0.2) is 30.3 Å².